The third kappa shape index (κ3) is 7.34. The summed E-state index contributed by atoms with van der Waals surface area (Å²) in [6.07, 6.45) is 8.71. The number of benzene rings is 2. The van der Waals surface area contributed by atoms with Gasteiger partial charge in [0.2, 0.25) is 0 Å². The van der Waals surface area contributed by atoms with Gasteiger partial charge < -0.3 is 4.74 Å². The lowest BCUT2D eigenvalue weighted by atomic mass is 9.80. The van der Waals surface area contributed by atoms with Crippen LogP contribution in [0.3, 0.4) is 0 Å². The Morgan fingerprint density at radius 3 is 1.90 bits per heavy atom. The normalized spacial score (nSPS) is 17.6. The van der Waals surface area contributed by atoms with Crippen molar-refractivity contribution in [2.24, 2.45) is 11.8 Å². The highest BCUT2D eigenvalue weighted by Crippen LogP contribution is 2.32. The number of rotatable bonds is 5. The molecule has 1 aliphatic rings. The van der Waals surface area contributed by atoms with E-state index in [1.54, 1.807) is 0 Å². The molecule has 2 aromatic carbocycles. The van der Waals surface area contributed by atoms with Crippen LogP contribution in [0.25, 0.3) is 0 Å². The summed E-state index contributed by atoms with van der Waals surface area (Å²) in [6.45, 7) is 4.36. The van der Waals surface area contributed by atoms with Crippen LogP contribution >= 0.6 is 0 Å². The fraction of sp³-hybridized carbons (Fsp3) is 0.414. The van der Waals surface area contributed by atoms with Crippen molar-refractivity contribution in [1.29, 1.82) is 0 Å². The highest BCUT2D eigenvalue weighted by molar-refractivity contribution is 5.75. The first-order valence-corrected chi connectivity index (χ1v) is 11.6. The molecule has 0 saturated heterocycles. The van der Waals surface area contributed by atoms with Crippen molar-refractivity contribution in [2.45, 2.75) is 65.2 Å². The summed E-state index contributed by atoms with van der Waals surface area (Å²) in [7, 11) is 0. The molecule has 0 N–H and O–H groups in total. The molecule has 0 aliphatic heterocycles. The molecule has 1 aliphatic carbocycles. The fourth-order valence-corrected chi connectivity index (χ4v) is 3.97. The number of carbonyl (C=O) groups is 1. The van der Waals surface area contributed by atoms with Gasteiger partial charge in [-0.1, -0.05) is 50.4 Å². The zero-order valence-electron chi connectivity index (χ0n) is 18.7. The molecule has 2 aromatic rings. The van der Waals surface area contributed by atoms with Gasteiger partial charge in [0.25, 0.3) is 0 Å². The Kier molecular flexibility index (Phi) is 8.81. The van der Waals surface area contributed by atoms with E-state index in [2.05, 4.69) is 37.5 Å². The van der Waals surface area contributed by atoms with Gasteiger partial charge in [0, 0.05) is 23.1 Å². The van der Waals surface area contributed by atoms with Crippen LogP contribution in [0.5, 0.6) is 5.75 Å². The molecule has 0 spiro atoms. The van der Waals surface area contributed by atoms with E-state index in [0.717, 1.165) is 61.1 Å². The van der Waals surface area contributed by atoms with Gasteiger partial charge in [-0.05, 0) is 86.6 Å². The number of carbonyl (C=O) groups excluding carboxylic acids is 1. The summed E-state index contributed by atoms with van der Waals surface area (Å²) >= 11 is 0. The van der Waals surface area contributed by atoms with E-state index >= 15 is 0 Å². The van der Waals surface area contributed by atoms with Crippen molar-refractivity contribution in [2.75, 3.05) is 0 Å². The first-order chi connectivity index (χ1) is 15.2. The average molecular weight is 413 g/mol. The summed E-state index contributed by atoms with van der Waals surface area (Å²) in [6, 6.07) is 15.5. The molecule has 31 heavy (non-hydrogen) atoms. The number of hydrogen-bond donors (Lipinski definition) is 0. The maximum Gasteiger partial charge on any atom is 0.314 e. The van der Waals surface area contributed by atoms with Crippen molar-refractivity contribution in [3.63, 3.8) is 0 Å². The first kappa shape index (κ1) is 22.7. The number of hydrogen-bond acceptors (Lipinski definition) is 2. The Hall–Kier alpha value is -2.97. The first-order valence-electron chi connectivity index (χ1n) is 11.6. The minimum atomic E-state index is -0.0871. The number of ether oxygens (including phenoxy) is 1. The monoisotopic (exact) mass is 412 g/mol. The number of esters is 1. The largest absolute Gasteiger partial charge is 0.426 e. The second-order valence-electron chi connectivity index (χ2n) is 8.33. The van der Waals surface area contributed by atoms with Gasteiger partial charge in [-0.15, -0.1) is 0 Å². The number of unbranched alkanes of at least 4 members (excludes halogenated alkanes) is 1. The molecule has 0 bridgehead atoms. The molecule has 1 fully saturated rings. The van der Waals surface area contributed by atoms with Crippen LogP contribution in [0, 0.1) is 35.5 Å². The summed E-state index contributed by atoms with van der Waals surface area (Å²) in [4.78, 5) is 12.5. The van der Waals surface area contributed by atoms with Crippen LogP contribution in [0.4, 0.5) is 0 Å². The Bertz CT molecular complexity index is 954. The molecule has 0 amide bonds. The van der Waals surface area contributed by atoms with E-state index in [1.807, 2.05) is 48.5 Å². The van der Waals surface area contributed by atoms with Crippen LogP contribution < -0.4 is 4.74 Å². The minimum Gasteiger partial charge on any atom is -0.426 e. The SMILES string of the molecule is CCCC#Cc1ccc(C#Cc2ccc(OC(=O)[C@H]3CC[C@H](CCC)CC3)cc2)cc1. The molecule has 0 unspecified atom stereocenters. The quantitative estimate of drug-likeness (QED) is 0.308. The molecule has 2 nitrogen and oxygen atoms in total. The molecule has 0 heterocycles. The minimum absolute atomic E-state index is 0.0437. The highest BCUT2D eigenvalue weighted by Gasteiger charge is 2.27. The molecule has 0 aromatic heterocycles. The van der Waals surface area contributed by atoms with E-state index in [0.29, 0.717) is 5.75 Å². The molecule has 2 heteroatoms. The molecule has 0 radical (unpaired) electrons. The topological polar surface area (TPSA) is 26.3 Å². The summed E-state index contributed by atoms with van der Waals surface area (Å²) in [5.41, 5.74) is 2.87. The van der Waals surface area contributed by atoms with E-state index in [4.69, 9.17) is 4.74 Å². The lowest BCUT2D eigenvalue weighted by molar-refractivity contribution is -0.140. The van der Waals surface area contributed by atoms with Crippen molar-refractivity contribution in [3.05, 3.63) is 65.2 Å². The third-order valence-corrected chi connectivity index (χ3v) is 5.79. The highest BCUT2D eigenvalue weighted by atomic mass is 16.5. The Balaban J connectivity index is 1.52. The summed E-state index contributed by atoms with van der Waals surface area (Å²) < 4.78 is 5.62. The van der Waals surface area contributed by atoms with Crippen molar-refractivity contribution < 1.29 is 9.53 Å². The van der Waals surface area contributed by atoms with Gasteiger partial charge in [0.05, 0.1) is 5.92 Å². The van der Waals surface area contributed by atoms with Gasteiger partial charge in [-0.3, -0.25) is 4.79 Å². The second-order valence-corrected chi connectivity index (χ2v) is 8.33. The smallest absolute Gasteiger partial charge is 0.314 e. The second kappa shape index (κ2) is 12.0. The standard InChI is InChI=1S/C29H32O2/c1-3-5-6-8-24-9-11-25(12-10-24)13-14-26-17-21-28(22-18-26)31-29(30)27-19-15-23(7-4-2)16-20-27/h9-12,17-18,21-23,27H,3-5,7,15-16,19-20H2,1-2H3/t23-,27-. The third-order valence-electron chi connectivity index (χ3n) is 5.79. The van der Waals surface area contributed by atoms with Gasteiger partial charge >= 0.3 is 5.97 Å². The zero-order chi connectivity index (χ0) is 21.9. The predicted molar refractivity (Wildman–Crippen MR) is 127 cm³/mol. The fourth-order valence-electron chi connectivity index (χ4n) is 3.97. The van der Waals surface area contributed by atoms with Crippen LogP contribution in [0.1, 0.15) is 81.9 Å². The summed E-state index contributed by atoms with van der Waals surface area (Å²) in [5, 5.41) is 0. The van der Waals surface area contributed by atoms with Crippen LogP contribution in [0.15, 0.2) is 48.5 Å². The molecule has 3 rings (SSSR count). The van der Waals surface area contributed by atoms with Gasteiger partial charge in [-0.2, -0.15) is 0 Å². The van der Waals surface area contributed by atoms with E-state index in [9.17, 15) is 4.79 Å². The molecular formula is C29H32O2. The Morgan fingerprint density at radius 1 is 0.806 bits per heavy atom. The molecule has 1 saturated carbocycles. The van der Waals surface area contributed by atoms with Crippen LogP contribution in [-0.2, 0) is 4.79 Å². The van der Waals surface area contributed by atoms with Crippen molar-refractivity contribution in [3.8, 4) is 29.4 Å². The van der Waals surface area contributed by atoms with Gasteiger partial charge in [0.1, 0.15) is 5.75 Å². The molecular weight excluding hydrogens is 380 g/mol. The zero-order valence-corrected chi connectivity index (χ0v) is 18.7. The van der Waals surface area contributed by atoms with Crippen molar-refractivity contribution >= 4 is 5.97 Å². The Labute approximate surface area is 187 Å². The van der Waals surface area contributed by atoms with Gasteiger partial charge in [-0.25, -0.2) is 0 Å². The Morgan fingerprint density at radius 2 is 1.35 bits per heavy atom. The van der Waals surface area contributed by atoms with E-state index in [-0.39, 0.29) is 11.9 Å². The summed E-state index contributed by atoms with van der Waals surface area (Å²) in [5.74, 6) is 14.0. The van der Waals surface area contributed by atoms with Crippen LogP contribution in [0.2, 0.25) is 0 Å². The lowest BCUT2D eigenvalue weighted by Gasteiger charge is -2.26. The lowest BCUT2D eigenvalue weighted by Crippen LogP contribution is -2.25. The predicted octanol–water partition coefficient (Wildman–Crippen LogP) is 6.75. The average Bonchev–Trinajstić information content (AvgIpc) is 2.80. The van der Waals surface area contributed by atoms with E-state index in [1.165, 1.54) is 12.8 Å². The molecule has 0 atom stereocenters. The van der Waals surface area contributed by atoms with Gasteiger partial charge in [0.15, 0.2) is 0 Å². The maximum atomic E-state index is 12.5. The maximum absolute atomic E-state index is 12.5. The van der Waals surface area contributed by atoms with Crippen LogP contribution in [-0.4, -0.2) is 5.97 Å². The molecule has 160 valence electrons. The van der Waals surface area contributed by atoms with E-state index < -0.39 is 0 Å². The van der Waals surface area contributed by atoms with Crippen molar-refractivity contribution in [1.82, 2.24) is 0 Å².